The molecule has 1 aromatic carbocycles. The molecule has 0 aliphatic carbocycles. The molecule has 2 aromatic heterocycles. The second-order valence-corrected chi connectivity index (χ2v) is 10.5. The quantitative estimate of drug-likeness (QED) is 0.360. The molecule has 3 aromatic rings. The molecule has 0 atom stereocenters. The van der Waals surface area contributed by atoms with Gasteiger partial charge >= 0.3 is 6.18 Å². The summed E-state index contributed by atoms with van der Waals surface area (Å²) in [5.41, 5.74) is -1.33. The number of anilines is 2. The highest BCUT2D eigenvalue weighted by Gasteiger charge is 2.36. The van der Waals surface area contributed by atoms with E-state index in [9.17, 15) is 22.8 Å². The molecule has 0 spiro atoms. The average molecular weight is 589 g/mol. The number of likely N-dealkylation sites (N-methyl/N-ethyl adjacent to an activating group) is 1. The van der Waals surface area contributed by atoms with E-state index in [1.807, 2.05) is 18.0 Å². The molecule has 3 N–H and O–H groups in total. The second-order valence-electron chi connectivity index (χ2n) is 10.5. The maximum absolute atomic E-state index is 15.6. The van der Waals surface area contributed by atoms with E-state index in [0.717, 1.165) is 37.8 Å². The van der Waals surface area contributed by atoms with Gasteiger partial charge in [-0.15, -0.1) is 0 Å². The van der Waals surface area contributed by atoms with Crippen molar-refractivity contribution in [2.45, 2.75) is 31.6 Å². The number of nitrogens with one attached hydrogen (secondary N) is 3. The summed E-state index contributed by atoms with van der Waals surface area (Å²) < 4.78 is 61.9. The highest BCUT2D eigenvalue weighted by molar-refractivity contribution is 6.07. The number of carbonyl (C=O) groups excluding carboxylic acids is 1. The predicted molar refractivity (Wildman–Crippen MR) is 150 cm³/mol. The fourth-order valence-electron chi connectivity index (χ4n) is 5.10. The van der Waals surface area contributed by atoms with Crippen LogP contribution in [-0.2, 0) is 17.5 Å². The predicted octanol–water partition coefficient (Wildman–Crippen LogP) is 3.87. The Balaban J connectivity index is 1.44. The largest absolute Gasteiger partial charge is 0.417 e. The van der Waals surface area contributed by atoms with Crippen LogP contribution in [0, 0.1) is 5.82 Å². The van der Waals surface area contributed by atoms with Crippen molar-refractivity contribution in [1.29, 1.82) is 0 Å². The van der Waals surface area contributed by atoms with Gasteiger partial charge in [-0.05, 0) is 43.7 Å². The Labute approximate surface area is 239 Å². The van der Waals surface area contributed by atoms with Gasteiger partial charge in [0.25, 0.3) is 5.91 Å². The third-order valence-electron chi connectivity index (χ3n) is 7.57. The third-order valence-corrected chi connectivity index (χ3v) is 7.57. The highest BCUT2D eigenvalue weighted by atomic mass is 19.4. The van der Waals surface area contributed by atoms with Gasteiger partial charge in [-0.3, -0.25) is 14.6 Å². The molecule has 0 bridgehead atoms. The zero-order chi connectivity index (χ0) is 29.9. The summed E-state index contributed by atoms with van der Waals surface area (Å²) in [4.78, 5) is 35.3. The zero-order valence-corrected chi connectivity index (χ0v) is 23.1. The van der Waals surface area contributed by atoms with Crippen LogP contribution in [0.5, 0.6) is 0 Å². The van der Waals surface area contributed by atoms with Gasteiger partial charge in [0.05, 0.1) is 28.2 Å². The number of piperazine rings is 1. The number of alkyl halides is 3. The Hall–Kier alpha value is -3.81. The summed E-state index contributed by atoms with van der Waals surface area (Å²) in [7, 11) is 1.95. The Morgan fingerprint density at radius 1 is 1.12 bits per heavy atom. The number of benzene rings is 1. The Kier molecular flexibility index (Phi) is 8.90. The van der Waals surface area contributed by atoms with E-state index in [4.69, 9.17) is 4.74 Å². The molecule has 2 fully saturated rings. The number of hydrogen-bond donors (Lipinski definition) is 3. The molecule has 2 aliphatic heterocycles. The SMILES string of the molecule is CN1CCN(c2cc(F)c(-c3ccc(CNC4CCOCC4)cn3)cc2NC(=O)c2c[nH]c(=O)cc2C(F)(F)F)CC1. The summed E-state index contributed by atoms with van der Waals surface area (Å²) in [6.45, 7) is 4.44. The van der Waals surface area contributed by atoms with E-state index < -0.39 is 34.6 Å². The number of carbonyl (C=O) groups is 1. The van der Waals surface area contributed by atoms with Gasteiger partial charge in [0, 0.05) is 76.0 Å². The molecule has 0 radical (unpaired) electrons. The van der Waals surface area contributed by atoms with E-state index in [1.165, 1.54) is 12.1 Å². The lowest BCUT2D eigenvalue weighted by Crippen LogP contribution is -2.44. The van der Waals surface area contributed by atoms with Crippen molar-refractivity contribution in [3.05, 3.63) is 75.6 Å². The maximum atomic E-state index is 15.6. The van der Waals surface area contributed by atoms with Crippen LogP contribution in [-0.4, -0.2) is 73.3 Å². The number of ether oxygens (including phenoxy) is 1. The molecular formula is C29H32F4N6O3. The van der Waals surface area contributed by atoms with Gasteiger partial charge < -0.3 is 30.2 Å². The smallest absolute Gasteiger partial charge is 0.381 e. The van der Waals surface area contributed by atoms with Gasteiger partial charge in [0.15, 0.2) is 0 Å². The Morgan fingerprint density at radius 3 is 2.52 bits per heavy atom. The molecule has 224 valence electrons. The van der Waals surface area contributed by atoms with Crippen molar-refractivity contribution in [3.63, 3.8) is 0 Å². The molecule has 13 heteroatoms. The molecule has 4 heterocycles. The monoisotopic (exact) mass is 588 g/mol. The minimum atomic E-state index is -4.93. The summed E-state index contributed by atoms with van der Waals surface area (Å²) in [5.74, 6) is -1.67. The van der Waals surface area contributed by atoms with E-state index in [1.54, 1.807) is 12.3 Å². The normalized spacial score (nSPS) is 16.9. The average Bonchev–Trinajstić information content (AvgIpc) is 2.97. The van der Waals surface area contributed by atoms with Crippen molar-refractivity contribution < 1.29 is 27.1 Å². The van der Waals surface area contributed by atoms with Crippen molar-refractivity contribution in [3.8, 4) is 11.3 Å². The van der Waals surface area contributed by atoms with E-state index in [0.29, 0.717) is 56.2 Å². The zero-order valence-electron chi connectivity index (χ0n) is 23.1. The summed E-state index contributed by atoms with van der Waals surface area (Å²) in [6.07, 6.45) is -0.706. The van der Waals surface area contributed by atoms with Crippen molar-refractivity contribution in [2.75, 3.05) is 56.7 Å². The van der Waals surface area contributed by atoms with Gasteiger partial charge in [-0.25, -0.2) is 4.39 Å². The van der Waals surface area contributed by atoms with Crippen molar-refractivity contribution in [2.24, 2.45) is 0 Å². The highest BCUT2D eigenvalue weighted by Crippen LogP contribution is 2.36. The number of rotatable bonds is 7. The number of aromatic amines is 1. The molecule has 1 amide bonds. The van der Waals surface area contributed by atoms with Gasteiger partial charge in [0.1, 0.15) is 5.82 Å². The van der Waals surface area contributed by atoms with Crippen LogP contribution in [0.15, 0.2) is 47.5 Å². The van der Waals surface area contributed by atoms with Crippen molar-refractivity contribution in [1.82, 2.24) is 20.2 Å². The van der Waals surface area contributed by atoms with Crippen LogP contribution in [0.25, 0.3) is 11.3 Å². The van der Waals surface area contributed by atoms with Gasteiger partial charge in [0.2, 0.25) is 5.56 Å². The maximum Gasteiger partial charge on any atom is 0.417 e. The van der Waals surface area contributed by atoms with Crippen LogP contribution in [0.1, 0.15) is 34.3 Å². The van der Waals surface area contributed by atoms with E-state index in [2.05, 4.69) is 25.5 Å². The molecule has 2 saturated heterocycles. The molecule has 9 nitrogen and oxygen atoms in total. The van der Waals surface area contributed by atoms with Gasteiger partial charge in [-0.2, -0.15) is 13.2 Å². The summed E-state index contributed by atoms with van der Waals surface area (Å²) in [6, 6.07) is 6.86. The lowest BCUT2D eigenvalue weighted by Gasteiger charge is -2.35. The van der Waals surface area contributed by atoms with Gasteiger partial charge in [-0.1, -0.05) is 6.07 Å². The number of halogens is 4. The fourth-order valence-corrected chi connectivity index (χ4v) is 5.10. The van der Waals surface area contributed by atoms with Crippen LogP contribution in [0.2, 0.25) is 0 Å². The lowest BCUT2D eigenvalue weighted by molar-refractivity contribution is -0.138. The number of amides is 1. The van der Waals surface area contributed by atoms with Crippen LogP contribution in [0.4, 0.5) is 28.9 Å². The van der Waals surface area contributed by atoms with E-state index in [-0.39, 0.29) is 11.3 Å². The minimum Gasteiger partial charge on any atom is -0.381 e. The molecule has 2 aliphatic rings. The standard InChI is InChI=1S/C29H32F4N6O3/c1-38-6-8-39(9-7-38)26-14-23(30)20(24-3-2-18(16-35-24)15-34-19-4-10-42-11-5-19)12-25(26)37-28(41)21-17-36-27(40)13-22(21)29(31,32)33/h2-3,12-14,16-17,19,34H,4-11,15H2,1H3,(H,36,40)(H,37,41). The molecule has 0 unspecified atom stereocenters. The van der Waals surface area contributed by atoms with Crippen LogP contribution >= 0.6 is 0 Å². The number of aromatic nitrogens is 2. The molecule has 42 heavy (non-hydrogen) atoms. The number of hydrogen-bond acceptors (Lipinski definition) is 7. The first-order valence-corrected chi connectivity index (χ1v) is 13.7. The number of H-pyrrole nitrogens is 1. The first kappa shape index (κ1) is 29.7. The molecule has 5 rings (SSSR count). The Morgan fingerprint density at radius 2 is 1.86 bits per heavy atom. The summed E-state index contributed by atoms with van der Waals surface area (Å²) >= 11 is 0. The second kappa shape index (κ2) is 12.6. The Bertz CT molecular complexity index is 1460. The molecular weight excluding hydrogens is 556 g/mol. The number of nitrogens with zero attached hydrogens (tertiary/aromatic N) is 3. The lowest BCUT2D eigenvalue weighted by atomic mass is 10.0. The summed E-state index contributed by atoms with van der Waals surface area (Å²) in [5, 5.41) is 6.01. The van der Waals surface area contributed by atoms with Crippen LogP contribution < -0.4 is 21.1 Å². The van der Waals surface area contributed by atoms with E-state index >= 15 is 4.39 Å². The minimum absolute atomic E-state index is 0.0876. The first-order chi connectivity index (χ1) is 20.1. The third kappa shape index (κ3) is 6.97. The number of pyridine rings is 2. The van der Waals surface area contributed by atoms with Crippen molar-refractivity contribution >= 4 is 17.3 Å². The fraction of sp³-hybridized carbons (Fsp3) is 0.414. The first-order valence-electron chi connectivity index (χ1n) is 13.7. The topological polar surface area (TPSA) is 103 Å². The van der Waals surface area contributed by atoms with Crippen LogP contribution in [0.3, 0.4) is 0 Å². The molecule has 0 saturated carbocycles.